The zero-order valence-corrected chi connectivity index (χ0v) is 15.0. The van der Waals surface area contributed by atoms with Gasteiger partial charge in [0.1, 0.15) is 18.1 Å². The van der Waals surface area contributed by atoms with Crippen LogP contribution in [0.5, 0.6) is 11.5 Å². The monoisotopic (exact) mass is 393 g/mol. The highest BCUT2D eigenvalue weighted by atomic mass is 79.9. The van der Waals surface area contributed by atoms with Gasteiger partial charge in [-0.2, -0.15) is 0 Å². The average molecular weight is 394 g/mol. The first-order valence-electron chi connectivity index (χ1n) is 7.66. The Labute approximate surface area is 150 Å². The van der Waals surface area contributed by atoms with Crippen molar-refractivity contribution in [2.75, 3.05) is 31.7 Å². The Morgan fingerprint density at radius 1 is 0.958 bits per heavy atom. The number of amides is 1. The summed E-state index contributed by atoms with van der Waals surface area (Å²) in [6.45, 7) is 3.63. The van der Waals surface area contributed by atoms with Crippen LogP contribution in [-0.4, -0.2) is 32.3 Å². The van der Waals surface area contributed by atoms with E-state index in [0.717, 1.165) is 10.2 Å². The highest BCUT2D eigenvalue weighted by Crippen LogP contribution is 2.17. The molecule has 0 atom stereocenters. The van der Waals surface area contributed by atoms with Gasteiger partial charge in [0.2, 0.25) is 0 Å². The van der Waals surface area contributed by atoms with E-state index in [1.54, 1.807) is 36.4 Å². The summed E-state index contributed by atoms with van der Waals surface area (Å²) in [5.41, 5.74) is 0.691. The molecule has 128 valence electrons. The molecule has 1 N–H and O–H groups in total. The lowest BCUT2D eigenvalue weighted by Crippen LogP contribution is -2.20. The fourth-order valence-electron chi connectivity index (χ4n) is 1.87. The Bertz CT molecular complexity index is 628. The molecule has 0 spiro atoms. The molecule has 6 heteroatoms. The van der Waals surface area contributed by atoms with Crippen LogP contribution in [0.4, 0.5) is 5.69 Å². The number of carbonyl (C=O) groups excluding carboxylic acids is 1. The molecule has 0 unspecified atom stereocenters. The van der Waals surface area contributed by atoms with Gasteiger partial charge in [0.25, 0.3) is 5.91 Å². The topological polar surface area (TPSA) is 56.8 Å². The van der Waals surface area contributed by atoms with Gasteiger partial charge in [-0.25, -0.2) is 0 Å². The Morgan fingerprint density at radius 2 is 1.58 bits per heavy atom. The van der Waals surface area contributed by atoms with Crippen molar-refractivity contribution in [3.05, 3.63) is 53.0 Å². The van der Waals surface area contributed by atoms with Crippen LogP contribution in [0.1, 0.15) is 6.92 Å². The van der Waals surface area contributed by atoms with Crippen molar-refractivity contribution in [2.24, 2.45) is 0 Å². The Hall–Kier alpha value is -2.05. The van der Waals surface area contributed by atoms with Crippen molar-refractivity contribution in [1.29, 1.82) is 0 Å². The molecule has 0 aliphatic heterocycles. The number of hydrogen-bond donors (Lipinski definition) is 1. The van der Waals surface area contributed by atoms with Gasteiger partial charge < -0.3 is 19.5 Å². The third kappa shape index (κ3) is 6.60. The summed E-state index contributed by atoms with van der Waals surface area (Å²) in [6, 6.07) is 14.5. The summed E-state index contributed by atoms with van der Waals surface area (Å²) < 4.78 is 17.1. The van der Waals surface area contributed by atoms with Gasteiger partial charge in [0.05, 0.1) is 6.61 Å². The normalized spacial score (nSPS) is 10.2. The fourth-order valence-corrected chi connectivity index (χ4v) is 2.14. The van der Waals surface area contributed by atoms with Crippen LogP contribution in [0, 0.1) is 0 Å². The van der Waals surface area contributed by atoms with Crippen LogP contribution in [-0.2, 0) is 9.53 Å². The van der Waals surface area contributed by atoms with Crippen molar-refractivity contribution in [1.82, 2.24) is 0 Å². The zero-order valence-electron chi connectivity index (χ0n) is 13.5. The second-order valence-corrected chi connectivity index (χ2v) is 5.78. The standard InChI is InChI=1S/C18H20BrNO4/c1-2-22-11-12-23-16-9-5-15(6-10-16)20-18(21)13-24-17-7-3-14(19)4-8-17/h3-10H,2,11-13H2,1H3,(H,20,21). The van der Waals surface area contributed by atoms with E-state index in [2.05, 4.69) is 21.2 Å². The van der Waals surface area contributed by atoms with Gasteiger partial charge in [0, 0.05) is 16.8 Å². The van der Waals surface area contributed by atoms with E-state index >= 15 is 0 Å². The van der Waals surface area contributed by atoms with Crippen molar-refractivity contribution in [3.8, 4) is 11.5 Å². The quantitative estimate of drug-likeness (QED) is 0.656. The lowest BCUT2D eigenvalue weighted by atomic mass is 10.3. The molecular formula is C18H20BrNO4. The summed E-state index contributed by atoms with van der Waals surface area (Å²) in [6.07, 6.45) is 0. The molecule has 0 fully saturated rings. The molecule has 0 bridgehead atoms. The number of hydrogen-bond acceptors (Lipinski definition) is 4. The first kappa shape index (κ1) is 18.3. The predicted octanol–water partition coefficient (Wildman–Crippen LogP) is 3.88. The number of anilines is 1. The van der Waals surface area contributed by atoms with Crippen LogP contribution < -0.4 is 14.8 Å². The molecule has 2 aromatic rings. The first-order chi connectivity index (χ1) is 11.7. The molecule has 0 aliphatic rings. The van der Waals surface area contributed by atoms with E-state index < -0.39 is 0 Å². The molecule has 0 aromatic heterocycles. The largest absolute Gasteiger partial charge is 0.491 e. The van der Waals surface area contributed by atoms with Gasteiger partial charge in [0.15, 0.2) is 6.61 Å². The third-order valence-corrected chi connectivity index (χ3v) is 3.55. The van der Waals surface area contributed by atoms with Crippen molar-refractivity contribution >= 4 is 27.5 Å². The molecular weight excluding hydrogens is 374 g/mol. The number of rotatable bonds is 9. The predicted molar refractivity (Wildman–Crippen MR) is 96.7 cm³/mol. The molecule has 0 saturated heterocycles. The van der Waals surface area contributed by atoms with Crippen LogP contribution in [0.2, 0.25) is 0 Å². The maximum Gasteiger partial charge on any atom is 0.262 e. The maximum atomic E-state index is 11.9. The highest BCUT2D eigenvalue weighted by Gasteiger charge is 2.04. The minimum atomic E-state index is -0.220. The van der Waals surface area contributed by atoms with Crippen molar-refractivity contribution < 1.29 is 19.0 Å². The van der Waals surface area contributed by atoms with E-state index in [9.17, 15) is 4.79 Å². The maximum absolute atomic E-state index is 11.9. The van der Waals surface area contributed by atoms with Gasteiger partial charge in [-0.3, -0.25) is 4.79 Å². The number of nitrogens with one attached hydrogen (secondary N) is 1. The minimum Gasteiger partial charge on any atom is -0.491 e. The fraction of sp³-hybridized carbons (Fsp3) is 0.278. The van der Waals surface area contributed by atoms with Crippen molar-refractivity contribution in [2.45, 2.75) is 6.92 Å². The van der Waals surface area contributed by atoms with E-state index in [0.29, 0.717) is 31.3 Å². The van der Waals surface area contributed by atoms with Crippen LogP contribution in [0.25, 0.3) is 0 Å². The smallest absolute Gasteiger partial charge is 0.262 e. The molecule has 2 rings (SSSR count). The van der Waals surface area contributed by atoms with E-state index in [1.165, 1.54) is 0 Å². The Kier molecular flexibility index (Phi) is 7.58. The number of benzene rings is 2. The summed E-state index contributed by atoms with van der Waals surface area (Å²) in [5, 5.41) is 2.77. The van der Waals surface area contributed by atoms with Gasteiger partial charge in [-0.15, -0.1) is 0 Å². The van der Waals surface area contributed by atoms with E-state index in [-0.39, 0.29) is 12.5 Å². The SMILES string of the molecule is CCOCCOc1ccc(NC(=O)COc2ccc(Br)cc2)cc1. The summed E-state index contributed by atoms with van der Waals surface area (Å²) in [4.78, 5) is 11.9. The molecule has 0 heterocycles. The molecule has 2 aromatic carbocycles. The molecule has 5 nitrogen and oxygen atoms in total. The number of ether oxygens (including phenoxy) is 3. The Morgan fingerprint density at radius 3 is 2.25 bits per heavy atom. The van der Waals surface area contributed by atoms with Gasteiger partial charge in [-0.1, -0.05) is 15.9 Å². The minimum absolute atomic E-state index is 0.0474. The van der Waals surface area contributed by atoms with Gasteiger partial charge >= 0.3 is 0 Å². The van der Waals surface area contributed by atoms with Crippen LogP contribution in [0.15, 0.2) is 53.0 Å². The molecule has 0 aliphatic carbocycles. The molecule has 0 radical (unpaired) electrons. The second kappa shape index (κ2) is 9.95. The lowest BCUT2D eigenvalue weighted by molar-refractivity contribution is -0.118. The molecule has 24 heavy (non-hydrogen) atoms. The van der Waals surface area contributed by atoms with Gasteiger partial charge in [-0.05, 0) is 55.5 Å². The van der Waals surface area contributed by atoms with E-state index in [1.807, 2.05) is 19.1 Å². The molecule has 1 amide bonds. The summed E-state index contributed by atoms with van der Waals surface area (Å²) in [5.74, 6) is 1.16. The number of halogens is 1. The highest BCUT2D eigenvalue weighted by molar-refractivity contribution is 9.10. The summed E-state index contributed by atoms with van der Waals surface area (Å²) >= 11 is 3.35. The zero-order chi connectivity index (χ0) is 17.2. The lowest BCUT2D eigenvalue weighted by Gasteiger charge is -2.09. The van der Waals surface area contributed by atoms with Crippen molar-refractivity contribution in [3.63, 3.8) is 0 Å². The first-order valence-corrected chi connectivity index (χ1v) is 8.45. The van der Waals surface area contributed by atoms with Crippen LogP contribution in [0.3, 0.4) is 0 Å². The van der Waals surface area contributed by atoms with Crippen LogP contribution >= 0.6 is 15.9 Å². The second-order valence-electron chi connectivity index (χ2n) is 4.86. The molecule has 0 saturated carbocycles. The number of carbonyl (C=O) groups is 1. The third-order valence-electron chi connectivity index (χ3n) is 3.02. The Balaban J connectivity index is 1.74. The summed E-state index contributed by atoms with van der Waals surface area (Å²) in [7, 11) is 0. The average Bonchev–Trinajstić information content (AvgIpc) is 2.60. The van der Waals surface area contributed by atoms with E-state index in [4.69, 9.17) is 14.2 Å².